The maximum atomic E-state index is 13.5. The largest absolute Gasteiger partial charge is 0.460 e. The standard InChI is InChI=1S/C13H13F15O7S/c1-5(29)3-6(33-36(2,30)31)32-4-7(14,15)34-12(25,26)13(27,28)35-11(23,24)9(18,19)8(16,17)10(20,21)22/h5-6,29H,3-4H2,1-2H3/t5-,6?/m1/s1. The zero-order chi connectivity index (χ0) is 29.4. The first-order chi connectivity index (χ1) is 15.4. The lowest BCUT2D eigenvalue weighted by Crippen LogP contribution is -2.64. The molecule has 23 heteroatoms. The zero-order valence-corrected chi connectivity index (χ0v) is 17.9. The Morgan fingerprint density at radius 1 is 0.722 bits per heavy atom. The number of alkyl halides is 15. The summed E-state index contributed by atoms with van der Waals surface area (Å²) in [7, 11) is -4.56. The topological polar surface area (TPSA) is 91.3 Å². The highest BCUT2D eigenvalue weighted by Gasteiger charge is 2.85. The molecule has 0 rings (SSSR count). The summed E-state index contributed by atoms with van der Waals surface area (Å²) in [6.07, 6.45) is -40.4. The molecule has 0 saturated heterocycles. The van der Waals surface area contributed by atoms with Crippen LogP contribution in [0.15, 0.2) is 0 Å². The van der Waals surface area contributed by atoms with E-state index in [9.17, 15) is 74.3 Å². The van der Waals surface area contributed by atoms with Gasteiger partial charge in [-0.05, 0) is 6.92 Å². The quantitative estimate of drug-likeness (QED) is 0.181. The third kappa shape index (κ3) is 8.63. The Balaban J connectivity index is 5.76. The highest BCUT2D eigenvalue weighted by molar-refractivity contribution is 7.86. The fourth-order valence-electron chi connectivity index (χ4n) is 1.72. The Morgan fingerprint density at radius 3 is 1.50 bits per heavy atom. The van der Waals surface area contributed by atoms with Gasteiger partial charge in [-0.2, -0.15) is 74.3 Å². The molecule has 7 nitrogen and oxygen atoms in total. The van der Waals surface area contributed by atoms with Gasteiger partial charge >= 0.3 is 42.5 Å². The Morgan fingerprint density at radius 2 is 1.14 bits per heavy atom. The predicted molar refractivity (Wildman–Crippen MR) is 79.9 cm³/mol. The lowest BCUT2D eigenvalue weighted by Gasteiger charge is -2.36. The van der Waals surface area contributed by atoms with Crippen molar-refractivity contribution in [3.8, 4) is 0 Å². The molecule has 0 aliphatic rings. The Hall–Kier alpha value is -1.30. The van der Waals surface area contributed by atoms with E-state index in [0.29, 0.717) is 6.26 Å². The minimum absolute atomic E-state index is 0.296. The smallest absolute Gasteiger partial charge is 0.393 e. The van der Waals surface area contributed by atoms with Crippen LogP contribution in [0.25, 0.3) is 0 Å². The lowest BCUT2D eigenvalue weighted by molar-refractivity contribution is -0.543. The van der Waals surface area contributed by atoms with Gasteiger partial charge in [0.25, 0.3) is 10.1 Å². The van der Waals surface area contributed by atoms with E-state index in [1.165, 1.54) is 4.74 Å². The van der Waals surface area contributed by atoms with Crippen molar-refractivity contribution < 1.29 is 97.8 Å². The SMILES string of the molecule is C[C@@H](O)CC(OCC(F)(F)OC(F)(F)C(F)(F)OC(F)(F)C(F)(F)C(F)(F)C(F)(F)F)OS(C)(=O)=O. The van der Waals surface area contributed by atoms with Gasteiger partial charge in [0, 0.05) is 6.42 Å². The summed E-state index contributed by atoms with van der Waals surface area (Å²) in [5.74, 6) is -15.8. The zero-order valence-electron chi connectivity index (χ0n) is 17.0. The van der Waals surface area contributed by atoms with Crippen LogP contribution in [-0.4, -0.2) is 81.2 Å². The fourth-order valence-corrected chi connectivity index (χ4v) is 2.24. The molecule has 36 heavy (non-hydrogen) atoms. The number of ether oxygens (including phenoxy) is 3. The van der Waals surface area contributed by atoms with Crippen molar-refractivity contribution in [2.45, 2.75) is 68.2 Å². The van der Waals surface area contributed by atoms with Crippen LogP contribution in [-0.2, 0) is 28.5 Å². The second-order valence-corrected chi connectivity index (χ2v) is 8.26. The average Bonchev–Trinajstić information content (AvgIpc) is 2.54. The molecule has 0 fully saturated rings. The third-order valence-electron chi connectivity index (χ3n) is 3.24. The van der Waals surface area contributed by atoms with Crippen LogP contribution in [0.3, 0.4) is 0 Å². The van der Waals surface area contributed by atoms with E-state index in [0.717, 1.165) is 6.92 Å². The maximum Gasteiger partial charge on any atom is 0.460 e. The van der Waals surface area contributed by atoms with E-state index in [1.54, 1.807) is 0 Å². The van der Waals surface area contributed by atoms with Crippen molar-refractivity contribution in [1.82, 2.24) is 0 Å². The number of rotatable bonds is 14. The van der Waals surface area contributed by atoms with E-state index in [-0.39, 0.29) is 0 Å². The second kappa shape index (κ2) is 10.5. The molecule has 0 aliphatic carbocycles. The molecule has 0 aliphatic heterocycles. The van der Waals surface area contributed by atoms with Crippen LogP contribution < -0.4 is 0 Å². The van der Waals surface area contributed by atoms with Crippen LogP contribution in [0.2, 0.25) is 0 Å². The highest BCUT2D eigenvalue weighted by atomic mass is 32.2. The van der Waals surface area contributed by atoms with Crippen molar-refractivity contribution >= 4 is 10.1 Å². The first-order valence-electron chi connectivity index (χ1n) is 8.33. The average molecular weight is 598 g/mol. The van der Waals surface area contributed by atoms with E-state index in [4.69, 9.17) is 5.11 Å². The molecular formula is C13H13F15O7S. The van der Waals surface area contributed by atoms with E-state index in [1.807, 2.05) is 0 Å². The number of aliphatic hydroxyl groups is 1. The molecule has 1 N–H and O–H groups in total. The van der Waals surface area contributed by atoms with Gasteiger partial charge in [0.1, 0.15) is 6.61 Å². The molecule has 0 amide bonds. The first kappa shape index (κ1) is 34.7. The predicted octanol–water partition coefficient (Wildman–Crippen LogP) is 4.31. The fraction of sp³-hybridized carbons (Fsp3) is 1.00. The molecule has 0 aromatic rings. The molecule has 0 radical (unpaired) electrons. The first-order valence-corrected chi connectivity index (χ1v) is 10.1. The van der Waals surface area contributed by atoms with Gasteiger partial charge < -0.3 is 9.84 Å². The molecule has 0 aromatic carbocycles. The molecule has 2 atom stereocenters. The summed E-state index contributed by atoms with van der Waals surface area (Å²) < 4.78 is 227. The van der Waals surface area contributed by atoms with Gasteiger partial charge in [-0.15, -0.1) is 0 Å². The molecule has 0 aromatic heterocycles. The van der Waals surface area contributed by atoms with Gasteiger partial charge in [-0.3, -0.25) is 0 Å². The minimum Gasteiger partial charge on any atom is -0.393 e. The molecule has 1 unspecified atom stereocenters. The lowest BCUT2D eigenvalue weighted by atomic mass is 10.1. The molecule has 0 heterocycles. The minimum atomic E-state index is -7.99. The van der Waals surface area contributed by atoms with Gasteiger partial charge in [0.2, 0.25) is 0 Å². The van der Waals surface area contributed by atoms with Crippen molar-refractivity contribution in [3.63, 3.8) is 0 Å². The third-order valence-corrected chi connectivity index (χ3v) is 3.81. The summed E-state index contributed by atoms with van der Waals surface area (Å²) in [6, 6.07) is 0. The number of aliphatic hydroxyl groups excluding tert-OH is 1. The van der Waals surface area contributed by atoms with Crippen molar-refractivity contribution in [3.05, 3.63) is 0 Å². The maximum absolute atomic E-state index is 13.5. The van der Waals surface area contributed by atoms with Gasteiger partial charge in [-0.25, -0.2) is 13.7 Å². The number of halogens is 15. The van der Waals surface area contributed by atoms with Crippen LogP contribution in [0, 0.1) is 0 Å². The van der Waals surface area contributed by atoms with Gasteiger partial charge in [0.05, 0.1) is 12.4 Å². The van der Waals surface area contributed by atoms with Gasteiger partial charge in [-0.1, -0.05) is 0 Å². The van der Waals surface area contributed by atoms with Gasteiger partial charge in [0.15, 0.2) is 6.29 Å². The van der Waals surface area contributed by atoms with Crippen molar-refractivity contribution in [2.75, 3.05) is 12.9 Å². The Bertz CT molecular complexity index is 841. The monoisotopic (exact) mass is 598 g/mol. The van der Waals surface area contributed by atoms with E-state index >= 15 is 0 Å². The van der Waals surface area contributed by atoms with Crippen LogP contribution >= 0.6 is 0 Å². The molecule has 0 saturated carbocycles. The number of hydrogen-bond acceptors (Lipinski definition) is 7. The number of hydrogen-bond donors (Lipinski definition) is 1. The van der Waals surface area contributed by atoms with E-state index in [2.05, 4.69) is 13.7 Å². The van der Waals surface area contributed by atoms with Crippen LogP contribution in [0.4, 0.5) is 65.9 Å². The summed E-state index contributed by atoms with van der Waals surface area (Å²) in [6.45, 7) is -1.80. The normalized spacial score (nSPS) is 17.3. The molecule has 218 valence electrons. The van der Waals surface area contributed by atoms with Crippen molar-refractivity contribution in [2.24, 2.45) is 0 Å². The summed E-state index contributed by atoms with van der Waals surface area (Å²) in [4.78, 5) is 0. The Labute approximate surface area is 190 Å². The summed E-state index contributed by atoms with van der Waals surface area (Å²) in [5.41, 5.74) is 0. The van der Waals surface area contributed by atoms with E-state index < -0.39 is 78.0 Å². The molecular weight excluding hydrogens is 585 g/mol. The van der Waals surface area contributed by atoms with Crippen LogP contribution in [0.1, 0.15) is 13.3 Å². The summed E-state index contributed by atoms with van der Waals surface area (Å²) in [5, 5.41) is 9.06. The molecule has 0 bridgehead atoms. The summed E-state index contributed by atoms with van der Waals surface area (Å²) >= 11 is 0. The molecule has 0 spiro atoms. The van der Waals surface area contributed by atoms with Crippen molar-refractivity contribution in [1.29, 1.82) is 0 Å². The Kier molecular flexibility index (Phi) is 10.1. The highest BCUT2D eigenvalue weighted by Crippen LogP contribution is 2.55. The second-order valence-electron chi connectivity index (χ2n) is 6.66. The van der Waals surface area contributed by atoms with Crippen LogP contribution in [0.5, 0.6) is 0 Å².